The standard InChI is InChI=1S/C13H21N5O2/c1-20-13(19)9-17(10-4-2-3-5-10)8-12-14-15-16-18(12)11-6-7-11/h10-11H,2-9H2,1H3. The summed E-state index contributed by atoms with van der Waals surface area (Å²) >= 11 is 0. The van der Waals surface area contributed by atoms with Gasteiger partial charge in [-0.05, 0) is 36.1 Å². The molecule has 1 heterocycles. The maximum atomic E-state index is 11.6. The largest absolute Gasteiger partial charge is 0.468 e. The fourth-order valence-corrected chi connectivity index (χ4v) is 2.91. The van der Waals surface area contributed by atoms with E-state index in [9.17, 15) is 4.79 Å². The third-order valence-corrected chi connectivity index (χ3v) is 4.20. The highest BCUT2D eigenvalue weighted by molar-refractivity contribution is 5.71. The lowest BCUT2D eigenvalue weighted by Gasteiger charge is -2.26. The van der Waals surface area contributed by atoms with Crippen LogP contribution < -0.4 is 0 Å². The van der Waals surface area contributed by atoms with Crippen LogP contribution in [0.5, 0.6) is 0 Å². The molecule has 3 rings (SSSR count). The van der Waals surface area contributed by atoms with Gasteiger partial charge in [-0.2, -0.15) is 0 Å². The number of methoxy groups -OCH3 is 1. The number of ether oxygens (including phenoxy) is 1. The predicted octanol–water partition coefficient (Wildman–Crippen LogP) is 0.926. The molecule has 20 heavy (non-hydrogen) atoms. The van der Waals surface area contributed by atoms with Crippen molar-refractivity contribution in [1.82, 2.24) is 25.1 Å². The normalized spacial score (nSPS) is 19.7. The smallest absolute Gasteiger partial charge is 0.319 e. The molecular weight excluding hydrogens is 258 g/mol. The molecule has 2 fully saturated rings. The van der Waals surface area contributed by atoms with Crippen molar-refractivity contribution in [3.05, 3.63) is 5.82 Å². The Kier molecular flexibility index (Phi) is 3.95. The summed E-state index contributed by atoms with van der Waals surface area (Å²) in [5.41, 5.74) is 0. The van der Waals surface area contributed by atoms with Crippen LogP contribution in [0, 0.1) is 0 Å². The number of nitrogens with zero attached hydrogens (tertiary/aromatic N) is 5. The van der Waals surface area contributed by atoms with Crippen LogP contribution in [-0.4, -0.2) is 50.8 Å². The van der Waals surface area contributed by atoms with E-state index in [0.29, 0.717) is 25.2 Å². The molecule has 7 heteroatoms. The fourth-order valence-electron chi connectivity index (χ4n) is 2.91. The fraction of sp³-hybridized carbons (Fsp3) is 0.846. The summed E-state index contributed by atoms with van der Waals surface area (Å²) in [7, 11) is 1.43. The quantitative estimate of drug-likeness (QED) is 0.721. The molecule has 0 spiro atoms. The van der Waals surface area contributed by atoms with E-state index in [-0.39, 0.29) is 5.97 Å². The minimum atomic E-state index is -0.192. The van der Waals surface area contributed by atoms with Gasteiger partial charge >= 0.3 is 5.97 Å². The number of carbonyl (C=O) groups excluding carboxylic acids is 1. The third-order valence-electron chi connectivity index (χ3n) is 4.20. The van der Waals surface area contributed by atoms with E-state index in [0.717, 1.165) is 31.5 Å². The van der Waals surface area contributed by atoms with Gasteiger partial charge in [0.25, 0.3) is 0 Å². The van der Waals surface area contributed by atoms with E-state index in [1.807, 2.05) is 4.68 Å². The molecule has 2 aliphatic rings. The van der Waals surface area contributed by atoms with Gasteiger partial charge in [0.15, 0.2) is 5.82 Å². The van der Waals surface area contributed by atoms with Gasteiger partial charge in [-0.15, -0.1) is 5.10 Å². The molecule has 0 radical (unpaired) electrons. The summed E-state index contributed by atoms with van der Waals surface area (Å²) in [6.07, 6.45) is 7.05. The van der Waals surface area contributed by atoms with E-state index in [1.54, 1.807) is 0 Å². The van der Waals surface area contributed by atoms with Gasteiger partial charge in [-0.25, -0.2) is 4.68 Å². The van der Waals surface area contributed by atoms with Crippen molar-refractivity contribution < 1.29 is 9.53 Å². The summed E-state index contributed by atoms with van der Waals surface area (Å²) in [6, 6.07) is 0.905. The first-order valence-corrected chi connectivity index (χ1v) is 7.35. The second-order valence-electron chi connectivity index (χ2n) is 5.69. The van der Waals surface area contributed by atoms with Gasteiger partial charge < -0.3 is 4.74 Å². The first-order valence-electron chi connectivity index (χ1n) is 7.35. The SMILES string of the molecule is COC(=O)CN(Cc1nnnn1C1CC1)C1CCCC1. The molecule has 0 N–H and O–H groups in total. The van der Waals surface area contributed by atoms with E-state index < -0.39 is 0 Å². The summed E-state index contributed by atoms with van der Waals surface area (Å²) in [6.45, 7) is 0.946. The van der Waals surface area contributed by atoms with Crippen molar-refractivity contribution in [1.29, 1.82) is 0 Å². The number of aromatic nitrogens is 4. The summed E-state index contributed by atoms with van der Waals surface area (Å²) in [5, 5.41) is 12.0. The minimum Gasteiger partial charge on any atom is -0.468 e. The van der Waals surface area contributed by atoms with Crippen molar-refractivity contribution in [3.8, 4) is 0 Å². The first kappa shape index (κ1) is 13.5. The van der Waals surface area contributed by atoms with Crippen molar-refractivity contribution >= 4 is 5.97 Å². The van der Waals surface area contributed by atoms with Crippen LogP contribution in [0.25, 0.3) is 0 Å². The molecular formula is C13H21N5O2. The Balaban J connectivity index is 1.70. The van der Waals surface area contributed by atoms with Gasteiger partial charge in [0.1, 0.15) is 0 Å². The Morgan fingerprint density at radius 1 is 1.35 bits per heavy atom. The van der Waals surface area contributed by atoms with Crippen LogP contribution in [-0.2, 0) is 16.1 Å². The van der Waals surface area contributed by atoms with E-state index >= 15 is 0 Å². The van der Waals surface area contributed by atoms with Gasteiger partial charge in [-0.3, -0.25) is 9.69 Å². The van der Waals surface area contributed by atoms with Crippen molar-refractivity contribution in [2.45, 2.75) is 57.2 Å². The highest BCUT2D eigenvalue weighted by Crippen LogP contribution is 2.35. The van der Waals surface area contributed by atoms with Crippen LogP contribution in [0.15, 0.2) is 0 Å². The molecule has 0 saturated heterocycles. The maximum absolute atomic E-state index is 11.6. The Morgan fingerprint density at radius 2 is 2.10 bits per heavy atom. The molecule has 0 amide bonds. The lowest BCUT2D eigenvalue weighted by atomic mass is 10.2. The molecule has 2 aliphatic carbocycles. The number of carbonyl (C=O) groups is 1. The third kappa shape index (κ3) is 2.98. The molecule has 0 unspecified atom stereocenters. The summed E-state index contributed by atoms with van der Waals surface area (Å²) in [4.78, 5) is 13.8. The number of rotatable bonds is 6. The average molecular weight is 279 g/mol. The lowest BCUT2D eigenvalue weighted by molar-refractivity contribution is -0.142. The van der Waals surface area contributed by atoms with Crippen LogP contribution in [0.2, 0.25) is 0 Å². The first-order chi connectivity index (χ1) is 9.78. The number of hydrogen-bond donors (Lipinski definition) is 0. The number of hydrogen-bond acceptors (Lipinski definition) is 6. The zero-order chi connectivity index (χ0) is 13.9. The van der Waals surface area contributed by atoms with Gasteiger partial charge in [0.2, 0.25) is 0 Å². The second kappa shape index (κ2) is 5.87. The van der Waals surface area contributed by atoms with Crippen molar-refractivity contribution in [3.63, 3.8) is 0 Å². The molecule has 7 nitrogen and oxygen atoms in total. The van der Waals surface area contributed by atoms with Crippen LogP contribution in [0.3, 0.4) is 0 Å². The maximum Gasteiger partial charge on any atom is 0.319 e. The second-order valence-corrected chi connectivity index (χ2v) is 5.69. The Labute approximate surface area is 118 Å². The van der Waals surface area contributed by atoms with Crippen LogP contribution in [0.4, 0.5) is 0 Å². The van der Waals surface area contributed by atoms with E-state index in [2.05, 4.69) is 20.4 Å². The van der Waals surface area contributed by atoms with Gasteiger partial charge in [-0.1, -0.05) is 12.8 Å². The number of esters is 1. The summed E-state index contributed by atoms with van der Waals surface area (Å²) in [5.74, 6) is 0.672. The molecule has 0 aromatic carbocycles. The molecule has 2 saturated carbocycles. The monoisotopic (exact) mass is 279 g/mol. The van der Waals surface area contributed by atoms with Crippen LogP contribution >= 0.6 is 0 Å². The van der Waals surface area contributed by atoms with Gasteiger partial charge in [0, 0.05) is 6.04 Å². The predicted molar refractivity (Wildman–Crippen MR) is 70.8 cm³/mol. The molecule has 0 bridgehead atoms. The highest BCUT2D eigenvalue weighted by Gasteiger charge is 2.31. The molecule has 1 aromatic heterocycles. The zero-order valence-electron chi connectivity index (χ0n) is 11.9. The zero-order valence-corrected chi connectivity index (χ0v) is 11.9. The molecule has 1 aromatic rings. The van der Waals surface area contributed by atoms with Crippen molar-refractivity contribution in [2.75, 3.05) is 13.7 Å². The highest BCUT2D eigenvalue weighted by atomic mass is 16.5. The molecule has 110 valence electrons. The Bertz CT molecular complexity index is 465. The van der Waals surface area contributed by atoms with Crippen molar-refractivity contribution in [2.24, 2.45) is 0 Å². The Hall–Kier alpha value is -1.50. The van der Waals surface area contributed by atoms with Gasteiger partial charge in [0.05, 0.1) is 26.2 Å². The Morgan fingerprint density at radius 3 is 2.75 bits per heavy atom. The topological polar surface area (TPSA) is 73.1 Å². The lowest BCUT2D eigenvalue weighted by Crippen LogP contribution is -2.38. The van der Waals surface area contributed by atoms with E-state index in [1.165, 1.54) is 20.0 Å². The minimum absolute atomic E-state index is 0.192. The number of tetrazole rings is 1. The molecule has 0 aliphatic heterocycles. The van der Waals surface area contributed by atoms with Crippen LogP contribution in [0.1, 0.15) is 50.4 Å². The summed E-state index contributed by atoms with van der Waals surface area (Å²) < 4.78 is 6.73. The molecule has 0 atom stereocenters. The van der Waals surface area contributed by atoms with E-state index in [4.69, 9.17) is 4.74 Å². The average Bonchev–Trinajstić information content (AvgIpc) is 2.97.